The van der Waals surface area contributed by atoms with Gasteiger partial charge in [-0.2, -0.15) is 0 Å². The molecule has 0 aliphatic carbocycles. The first kappa shape index (κ1) is 16.8. The molecule has 1 rings (SSSR count). The zero-order valence-corrected chi connectivity index (χ0v) is 12.6. The fraction of sp³-hybridized carbons (Fsp3) is 0.400. The number of rotatable bonds is 5. The second-order valence-electron chi connectivity index (χ2n) is 4.97. The SMILES string of the molecule is Cc1cc(C)c(NC(=O)C(=O)N(C=O)CCCN)c(C)c1. The monoisotopic (exact) mass is 291 g/mol. The predicted octanol–water partition coefficient (Wildman–Crippen LogP) is 0.884. The summed E-state index contributed by atoms with van der Waals surface area (Å²) in [5.74, 6) is -1.70. The smallest absolute Gasteiger partial charge is 0.318 e. The van der Waals surface area contributed by atoms with Crippen molar-refractivity contribution in [1.29, 1.82) is 0 Å². The van der Waals surface area contributed by atoms with Gasteiger partial charge in [0.05, 0.1) is 0 Å². The number of nitrogens with zero attached hydrogens (tertiary/aromatic N) is 1. The first-order chi connectivity index (χ1) is 9.90. The van der Waals surface area contributed by atoms with Gasteiger partial charge in [-0.05, 0) is 44.9 Å². The van der Waals surface area contributed by atoms with Crippen LogP contribution in [-0.2, 0) is 14.4 Å². The lowest BCUT2D eigenvalue weighted by Crippen LogP contribution is -2.40. The normalized spacial score (nSPS) is 10.1. The average Bonchev–Trinajstić information content (AvgIpc) is 2.43. The Kier molecular flexibility index (Phi) is 6.05. The molecule has 6 heteroatoms. The highest BCUT2D eigenvalue weighted by atomic mass is 16.2. The van der Waals surface area contributed by atoms with Crippen LogP contribution in [0.15, 0.2) is 12.1 Å². The van der Waals surface area contributed by atoms with Crippen molar-refractivity contribution in [2.24, 2.45) is 5.73 Å². The van der Waals surface area contributed by atoms with Gasteiger partial charge in [0.15, 0.2) is 0 Å². The highest BCUT2D eigenvalue weighted by Crippen LogP contribution is 2.21. The summed E-state index contributed by atoms with van der Waals surface area (Å²) in [5.41, 5.74) is 8.74. The Labute approximate surface area is 124 Å². The second-order valence-corrected chi connectivity index (χ2v) is 4.97. The molecule has 6 nitrogen and oxygen atoms in total. The molecule has 0 aliphatic heterocycles. The average molecular weight is 291 g/mol. The Morgan fingerprint density at radius 2 is 1.81 bits per heavy atom. The lowest BCUT2D eigenvalue weighted by atomic mass is 10.1. The van der Waals surface area contributed by atoms with Crippen molar-refractivity contribution >= 4 is 23.9 Å². The van der Waals surface area contributed by atoms with E-state index in [0.29, 0.717) is 25.1 Å². The van der Waals surface area contributed by atoms with Crippen molar-refractivity contribution in [2.75, 3.05) is 18.4 Å². The molecule has 0 bridgehead atoms. The topological polar surface area (TPSA) is 92.5 Å². The number of benzene rings is 1. The molecular formula is C15H21N3O3. The van der Waals surface area contributed by atoms with Gasteiger partial charge in [0, 0.05) is 12.2 Å². The molecule has 0 spiro atoms. The largest absolute Gasteiger partial charge is 0.330 e. The molecule has 0 aromatic heterocycles. The number of nitrogens with two attached hydrogens (primary N) is 1. The van der Waals surface area contributed by atoms with Crippen LogP contribution in [0, 0.1) is 20.8 Å². The minimum atomic E-state index is -0.877. The Morgan fingerprint density at radius 1 is 1.24 bits per heavy atom. The molecular weight excluding hydrogens is 270 g/mol. The summed E-state index contributed by atoms with van der Waals surface area (Å²) in [6.07, 6.45) is 0.812. The van der Waals surface area contributed by atoms with Crippen LogP contribution in [0.4, 0.5) is 5.69 Å². The molecule has 0 aliphatic rings. The van der Waals surface area contributed by atoms with Crippen LogP contribution in [0.2, 0.25) is 0 Å². The lowest BCUT2D eigenvalue weighted by Gasteiger charge is -2.16. The molecule has 0 saturated heterocycles. The molecule has 1 aromatic rings. The number of amides is 3. The maximum Gasteiger partial charge on any atom is 0.318 e. The van der Waals surface area contributed by atoms with Crippen LogP contribution < -0.4 is 11.1 Å². The quantitative estimate of drug-likeness (QED) is 0.622. The minimum absolute atomic E-state index is 0.137. The van der Waals surface area contributed by atoms with Gasteiger partial charge in [-0.3, -0.25) is 19.3 Å². The fourth-order valence-corrected chi connectivity index (χ4v) is 2.14. The summed E-state index contributed by atoms with van der Waals surface area (Å²) < 4.78 is 0. The third kappa shape index (κ3) is 4.39. The van der Waals surface area contributed by atoms with Crippen molar-refractivity contribution in [3.05, 3.63) is 28.8 Å². The van der Waals surface area contributed by atoms with E-state index in [4.69, 9.17) is 5.73 Å². The third-order valence-corrected chi connectivity index (χ3v) is 3.10. The predicted molar refractivity (Wildman–Crippen MR) is 80.7 cm³/mol. The van der Waals surface area contributed by atoms with E-state index in [2.05, 4.69) is 5.32 Å². The van der Waals surface area contributed by atoms with Crippen molar-refractivity contribution in [3.63, 3.8) is 0 Å². The number of nitrogens with one attached hydrogen (secondary N) is 1. The molecule has 0 unspecified atom stereocenters. The van der Waals surface area contributed by atoms with Gasteiger partial charge in [-0.25, -0.2) is 0 Å². The maximum atomic E-state index is 12.0. The Hall–Kier alpha value is -2.21. The Balaban J connectivity index is 2.85. The fourth-order valence-electron chi connectivity index (χ4n) is 2.14. The van der Waals surface area contributed by atoms with Crippen molar-refractivity contribution in [1.82, 2.24) is 4.90 Å². The van der Waals surface area contributed by atoms with Crippen LogP contribution in [-0.4, -0.2) is 36.2 Å². The van der Waals surface area contributed by atoms with Crippen LogP contribution >= 0.6 is 0 Å². The molecule has 0 fully saturated rings. The van der Waals surface area contributed by atoms with Crippen LogP contribution in [0.1, 0.15) is 23.1 Å². The lowest BCUT2D eigenvalue weighted by molar-refractivity contribution is -0.146. The molecule has 114 valence electrons. The summed E-state index contributed by atoms with van der Waals surface area (Å²) in [7, 11) is 0. The summed E-state index contributed by atoms with van der Waals surface area (Å²) in [6.45, 7) is 6.14. The number of aryl methyl sites for hydroxylation is 3. The number of imide groups is 1. The first-order valence-electron chi connectivity index (χ1n) is 6.75. The van der Waals surface area contributed by atoms with E-state index in [1.165, 1.54) is 0 Å². The van der Waals surface area contributed by atoms with Crippen LogP contribution in [0.3, 0.4) is 0 Å². The number of carbonyl (C=O) groups is 3. The third-order valence-electron chi connectivity index (χ3n) is 3.10. The van der Waals surface area contributed by atoms with E-state index in [1.54, 1.807) is 0 Å². The molecule has 0 heterocycles. The van der Waals surface area contributed by atoms with E-state index >= 15 is 0 Å². The molecule has 21 heavy (non-hydrogen) atoms. The van der Waals surface area contributed by atoms with E-state index in [9.17, 15) is 14.4 Å². The maximum absolute atomic E-state index is 12.0. The summed E-state index contributed by atoms with van der Waals surface area (Å²) in [4.78, 5) is 35.6. The van der Waals surface area contributed by atoms with Gasteiger partial charge in [0.2, 0.25) is 6.41 Å². The first-order valence-corrected chi connectivity index (χ1v) is 6.75. The Bertz CT molecular complexity index is 532. The summed E-state index contributed by atoms with van der Waals surface area (Å²) >= 11 is 0. The van der Waals surface area contributed by atoms with E-state index in [0.717, 1.165) is 21.6 Å². The van der Waals surface area contributed by atoms with Gasteiger partial charge < -0.3 is 11.1 Å². The summed E-state index contributed by atoms with van der Waals surface area (Å²) in [5, 5.41) is 2.58. The van der Waals surface area contributed by atoms with Gasteiger partial charge in [-0.1, -0.05) is 17.7 Å². The highest BCUT2D eigenvalue weighted by molar-refractivity contribution is 6.41. The minimum Gasteiger partial charge on any atom is -0.330 e. The molecule has 0 saturated carbocycles. The zero-order valence-electron chi connectivity index (χ0n) is 12.6. The van der Waals surface area contributed by atoms with Crippen molar-refractivity contribution < 1.29 is 14.4 Å². The number of hydrogen-bond acceptors (Lipinski definition) is 4. The van der Waals surface area contributed by atoms with Crippen LogP contribution in [0.5, 0.6) is 0 Å². The highest BCUT2D eigenvalue weighted by Gasteiger charge is 2.22. The molecule has 3 amide bonds. The van der Waals surface area contributed by atoms with Gasteiger partial charge in [0.1, 0.15) is 0 Å². The van der Waals surface area contributed by atoms with Gasteiger partial charge in [-0.15, -0.1) is 0 Å². The molecule has 3 N–H and O–H groups in total. The molecule has 0 radical (unpaired) electrons. The number of carbonyl (C=O) groups excluding carboxylic acids is 3. The van der Waals surface area contributed by atoms with E-state index < -0.39 is 11.8 Å². The van der Waals surface area contributed by atoms with Gasteiger partial charge >= 0.3 is 11.8 Å². The van der Waals surface area contributed by atoms with Gasteiger partial charge in [0.25, 0.3) is 0 Å². The van der Waals surface area contributed by atoms with E-state index in [1.807, 2.05) is 32.9 Å². The van der Waals surface area contributed by atoms with Crippen molar-refractivity contribution in [2.45, 2.75) is 27.2 Å². The second kappa shape index (κ2) is 7.54. The van der Waals surface area contributed by atoms with E-state index in [-0.39, 0.29) is 6.54 Å². The Morgan fingerprint density at radius 3 is 2.29 bits per heavy atom. The molecule has 1 aromatic carbocycles. The zero-order chi connectivity index (χ0) is 16.0. The van der Waals surface area contributed by atoms with Crippen LogP contribution in [0.25, 0.3) is 0 Å². The standard InChI is InChI=1S/C15H21N3O3/c1-10-7-11(2)13(12(3)8-10)17-14(20)15(21)18(9-19)6-4-5-16/h7-9H,4-6,16H2,1-3H3,(H,17,20). The number of anilines is 1. The van der Waals surface area contributed by atoms with Crippen molar-refractivity contribution in [3.8, 4) is 0 Å². The summed E-state index contributed by atoms with van der Waals surface area (Å²) in [6, 6.07) is 3.83. The number of hydrogen-bond donors (Lipinski definition) is 2. The molecule has 0 atom stereocenters.